The summed E-state index contributed by atoms with van der Waals surface area (Å²) in [5, 5.41) is 3.74. The van der Waals surface area contributed by atoms with Gasteiger partial charge in [0.1, 0.15) is 5.82 Å². The average molecular weight is 555 g/mol. The Labute approximate surface area is 239 Å². The number of imidazole rings is 1. The van der Waals surface area contributed by atoms with Crippen LogP contribution in [0, 0.1) is 0 Å². The van der Waals surface area contributed by atoms with Gasteiger partial charge in [-0.3, -0.25) is 4.79 Å². The van der Waals surface area contributed by atoms with Gasteiger partial charge in [0.05, 0.1) is 11.7 Å². The molecule has 0 aliphatic carbocycles. The third-order valence-electron chi connectivity index (χ3n) is 7.38. The molecule has 0 spiro atoms. The van der Waals surface area contributed by atoms with Crippen LogP contribution in [-0.2, 0) is 13.1 Å². The van der Waals surface area contributed by atoms with Crippen LogP contribution >= 0.6 is 0 Å². The fourth-order valence-electron chi connectivity index (χ4n) is 5.23. The van der Waals surface area contributed by atoms with E-state index in [1.807, 2.05) is 66.7 Å². The number of unbranched alkanes of at least 4 members (excludes halogenated alkanes) is 1. The van der Waals surface area contributed by atoms with E-state index in [0.29, 0.717) is 23.7 Å². The Hall–Kier alpha value is -4.50. The maximum absolute atomic E-state index is 13.4. The molecule has 3 heterocycles. The maximum atomic E-state index is 13.4. The third-order valence-corrected chi connectivity index (χ3v) is 7.38. The molecule has 0 atom stereocenters. The second-order valence-corrected chi connectivity index (χ2v) is 10.3. The van der Waals surface area contributed by atoms with E-state index < -0.39 is 0 Å². The lowest BCUT2D eigenvalue weighted by Gasteiger charge is -2.22. The molecule has 212 valence electrons. The first-order valence-electron chi connectivity index (χ1n) is 13.9. The van der Waals surface area contributed by atoms with Crippen LogP contribution in [0.3, 0.4) is 0 Å². The number of rotatable bonds is 10. The minimum Gasteiger partial charge on any atom is -0.454 e. The van der Waals surface area contributed by atoms with Gasteiger partial charge in [0.15, 0.2) is 28.7 Å². The van der Waals surface area contributed by atoms with E-state index in [0.717, 1.165) is 59.1 Å². The monoisotopic (exact) mass is 554 g/mol. The predicted octanol–water partition coefficient (Wildman–Crippen LogP) is 5.39. The lowest BCUT2D eigenvalue weighted by molar-refractivity contribution is 0.0821. The van der Waals surface area contributed by atoms with Crippen molar-refractivity contribution in [2.45, 2.75) is 38.9 Å². The Bertz CT molecular complexity index is 1490. The number of hydrogen-bond donors (Lipinski definition) is 1. The Kier molecular flexibility index (Phi) is 7.52. The van der Waals surface area contributed by atoms with Crippen LogP contribution in [0.1, 0.15) is 53.1 Å². The lowest BCUT2D eigenvalue weighted by atomic mass is 9.97. The summed E-state index contributed by atoms with van der Waals surface area (Å²) in [4.78, 5) is 20.0. The molecule has 1 N–H and O–H groups in total. The second-order valence-electron chi connectivity index (χ2n) is 10.3. The summed E-state index contributed by atoms with van der Waals surface area (Å²) in [5.74, 6) is 3.53. The van der Waals surface area contributed by atoms with Crippen molar-refractivity contribution >= 4 is 5.91 Å². The molecule has 1 aromatic heterocycles. The number of aromatic nitrogens is 2. The van der Waals surface area contributed by atoms with Gasteiger partial charge in [0, 0.05) is 32.7 Å². The Balaban J connectivity index is 1.42. The number of nitrogens with zero attached hydrogens (tertiary/aromatic N) is 3. The summed E-state index contributed by atoms with van der Waals surface area (Å²) in [6, 6.07) is 21.7. The number of benzene rings is 3. The number of fused-ring (bicyclic) bond motifs is 2. The highest BCUT2D eigenvalue weighted by molar-refractivity contribution is 5.94. The quantitative estimate of drug-likeness (QED) is 0.281. The SMILES string of the molecule is CCCCn1c(-c2ccccc2)nc(C(=O)N(C)C)c1CNC(c1ccc2c(c1)OCO2)c1ccc2c(c1)OCO2. The first kappa shape index (κ1) is 26.7. The topological polar surface area (TPSA) is 87.1 Å². The van der Waals surface area contributed by atoms with Gasteiger partial charge in [0.25, 0.3) is 5.91 Å². The summed E-state index contributed by atoms with van der Waals surface area (Å²) >= 11 is 0. The van der Waals surface area contributed by atoms with E-state index in [1.165, 1.54) is 0 Å². The summed E-state index contributed by atoms with van der Waals surface area (Å²) in [7, 11) is 3.52. The highest BCUT2D eigenvalue weighted by atomic mass is 16.7. The molecule has 9 heteroatoms. The highest BCUT2D eigenvalue weighted by Crippen LogP contribution is 2.39. The average Bonchev–Trinajstić information content (AvgIpc) is 3.74. The Morgan fingerprint density at radius 1 is 0.902 bits per heavy atom. The van der Waals surface area contributed by atoms with Crippen LogP contribution in [0.25, 0.3) is 11.4 Å². The van der Waals surface area contributed by atoms with Gasteiger partial charge in [-0.1, -0.05) is 55.8 Å². The van der Waals surface area contributed by atoms with Gasteiger partial charge < -0.3 is 33.7 Å². The normalized spacial score (nSPS) is 13.2. The smallest absolute Gasteiger partial charge is 0.273 e. The number of ether oxygens (including phenoxy) is 4. The largest absolute Gasteiger partial charge is 0.454 e. The zero-order valence-electron chi connectivity index (χ0n) is 23.6. The molecule has 2 aliphatic rings. The standard InChI is InChI=1S/C32H34N4O5/c1-4-5-15-36-24(30(32(37)35(2)3)34-31(36)21-9-7-6-8-10-21)18-33-29(22-11-13-25-27(16-22)40-19-38-25)23-12-14-26-28(17-23)41-20-39-26/h6-14,16-17,29,33H,4-5,15,18-20H2,1-3H3. The molecule has 0 bridgehead atoms. The number of nitrogens with one attached hydrogen (secondary N) is 1. The summed E-state index contributed by atoms with van der Waals surface area (Å²) in [6.07, 6.45) is 1.99. The van der Waals surface area contributed by atoms with Gasteiger partial charge in [-0.2, -0.15) is 0 Å². The number of carbonyl (C=O) groups is 1. The minimum absolute atomic E-state index is 0.128. The van der Waals surface area contributed by atoms with Gasteiger partial charge >= 0.3 is 0 Å². The molecule has 0 saturated heterocycles. The van der Waals surface area contributed by atoms with Gasteiger partial charge in [-0.05, 0) is 41.8 Å². The summed E-state index contributed by atoms with van der Waals surface area (Å²) < 4.78 is 24.7. The van der Waals surface area contributed by atoms with Gasteiger partial charge in [-0.25, -0.2) is 4.98 Å². The molecule has 0 unspecified atom stereocenters. The number of carbonyl (C=O) groups excluding carboxylic acids is 1. The Morgan fingerprint density at radius 3 is 2.10 bits per heavy atom. The van der Waals surface area contributed by atoms with E-state index in [1.54, 1.807) is 19.0 Å². The van der Waals surface area contributed by atoms with E-state index in [4.69, 9.17) is 23.9 Å². The van der Waals surface area contributed by atoms with E-state index >= 15 is 0 Å². The predicted molar refractivity (Wildman–Crippen MR) is 154 cm³/mol. The highest BCUT2D eigenvalue weighted by Gasteiger charge is 2.27. The number of amides is 1. The molecule has 1 amide bonds. The van der Waals surface area contributed by atoms with Gasteiger partial charge in [-0.15, -0.1) is 0 Å². The van der Waals surface area contributed by atoms with Crippen LogP contribution in [0.4, 0.5) is 0 Å². The van der Waals surface area contributed by atoms with Crippen molar-refractivity contribution in [1.29, 1.82) is 0 Å². The molecule has 9 nitrogen and oxygen atoms in total. The minimum atomic E-state index is -0.240. The molecular formula is C32H34N4O5. The van der Waals surface area contributed by atoms with Crippen LogP contribution in [-0.4, -0.2) is 48.0 Å². The third kappa shape index (κ3) is 5.32. The van der Waals surface area contributed by atoms with Gasteiger partial charge in [0.2, 0.25) is 13.6 Å². The maximum Gasteiger partial charge on any atom is 0.273 e. The van der Waals surface area contributed by atoms with Crippen molar-refractivity contribution in [3.05, 3.63) is 89.2 Å². The molecular weight excluding hydrogens is 520 g/mol. The zero-order valence-corrected chi connectivity index (χ0v) is 23.6. The van der Waals surface area contributed by atoms with Crippen LogP contribution in [0.15, 0.2) is 66.7 Å². The molecule has 41 heavy (non-hydrogen) atoms. The van der Waals surface area contributed by atoms with Crippen molar-refractivity contribution in [1.82, 2.24) is 19.8 Å². The fraction of sp³-hybridized carbons (Fsp3) is 0.312. The van der Waals surface area contributed by atoms with E-state index in [9.17, 15) is 4.79 Å². The lowest BCUT2D eigenvalue weighted by Crippen LogP contribution is -2.28. The van der Waals surface area contributed by atoms with Crippen molar-refractivity contribution < 1.29 is 23.7 Å². The molecule has 3 aromatic carbocycles. The first-order chi connectivity index (χ1) is 20.0. The summed E-state index contributed by atoms with van der Waals surface area (Å²) in [5.41, 5.74) is 4.27. The Morgan fingerprint density at radius 2 is 1.51 bits per heavy atom. The second kappa shape index (κ2) is 11.5. The van der Waals surface area contributed by atoms with E-state index in [2.05, 4.69) is 16.8 Å². The molecule has 0 radical (unpaired) electrons. The van der Waals surface area contributed by atoms with Crippen molar-refractivity contribution in [3.63, 3.8) is 0 Å². The fourth-order valence-corrected chi connectivity index (χ4v) is 5.23. The van der Waals surface area contributed by atoms with Crippen molar-refractivity contribution in [2.75, 3.05) is 27.7 Å². The van der Waals surface area contributed by atoms with Crippen LogP contribution in [0.5, 0.6) is 23.0 Å². The molecule has 2 aliphatic heterocycles. The zero-order chi connectivity index (χ0) is 28.3. The van der Waals surface area contributed by atoms with Crippen molar-refractivity contribution in [2.24, 2.45) is 0 Å². The van der Waals surface area contributed by atoms with E-state index in [-0.39, 0.29) is 25.5 Å². The summed E-state index contributed by atoms with van der Waals surface area (Å²) in [6.45, 7) is 3.74. The molecule has 0 saturated carbocycles. The van der Waals surface area contributed by atoms with Crippen LogP contribution < -0.4 is 24.3 Å². The molecule has 4 aromatic rings. The van der Waals surface area contributed by atoms with Crippen LogP contribution in [0.2, 0.25) is 0 Å². The molecule has 0 fully saturated rings. The first-order valence-corrected chi connectivity index (χ1v) is 13.9. The number of hydrogen-bond acceptors (Lipinski definition) is 7. The molecule has 6 rings (SSSR count). The van der Waals surface area contributed by atoms with Crippen molar-refractivity contribution in [3.8, 4) is 34.4 Å².